The van der Waals surface area contributed by atoms with Crippen LogP contribution in [0.1, 0.15) is 53.0 Å². The molecule has 170 valence electrons. The monoisotopic (exact) mass is 463 g/mol. The molecular weight excluding hydrogens is 430 g/mol. The normalized spacial score (nSPS) is 30.1. The molecule has 0 spiro atoms. The molecule has 3 heterocycles. The fourth-order valence-electron chi connectivity index (χ4n) is 4.89. The van der Waals surface area contributed by atoms with Gasteiger partial charge in [-0.1, -0.05) is 46.2 Å². The molecular formula is C23H34ClN3O3Si. The summed E-state index contributed by atoms with van der Waals surface area (Å²) < 4.78 is 7.11. The number of nitrogens with one attached hydrogen (secondary N) is 2. The number of hydrogen-bond donors (Lipinski definition) is 2. The summed E-state index contributed by atoms with van der Waals surface area (Å²) in [5.41, 5.74) is 1.07. The summed E-state index contributed by atoms with van der Waals surface area (Å²) in [4.78, 5) is 28.4. The van der Waals surface area contributed by atoms with Gasteiger partial charge in [-0.15, -0.1) is 0 Å². The smallest absolute Gasteiger partial charge is 0.247 e. The van der Waals surface area contributed by atoms with Crippen LogP contribution in [-0.4, -0.2) is 43.3 Å². The molecule has 1 aromatic rings. The minimum atomic E-state index is -2.26. The average molecular weight is 464 g/mol. The number of anilines is 1. The number of benzene rings is 1. The van der Waals surface area contributed by atoms with Crippen molar-refractivity contribution in [1.29, 1.82) is 0 Å². The lowest BCUT2D eigenvalue weighted by molar-refractivity contribution is -0.149. The van der Waals surface area contributed by atoms with Crippen molar-refractivity contribution in [3.8, 4) is 0 Å². The summed E-state index contributed by atoms with van der Waals surface area (Å²) in [5.74, 6) is 0.174. The number of rotatable bonds is 4. The van der Waals surface area contributed by atoms with Crippen molar-refractivity contribution in [3.05, 3.63) is 28.8 Å². The average Bonchev–Trinajstić information content (AvgIpc) is 3.09. The Labute approximate surface area is 191 Å². The van der Waals surface area contributed by atoms with Gasteiger partial charge >= 0.3 is 0 Å². The molecule has 31 heavy (non-hydrogen) atoms. The molecule has 6 nitrogen and oxygen atoms in total. The summed E-state index contributed by atoms with van der Waals surface area (Å²) >= 11 is 6.40. The quantitative estimate of drug-likeness (QED) is 0.647. The van der Waals surface area contributed by atoms with Gasteiger partial charge in [0, 0.05) is 22.7 Å². The second-order valence-electron chi connectivity index (χ2n) is 11.1. The first kappa shape index (κ1) is 22.6. The lowest BCUT2D eigenvalue weighted by Gasteiger charge is -2.45. The van der Waals surface area contributed by atoms with Gasteiger partial charge in [-0.05, 0) is 48.7 Å². The van der Waals surface area contributed by atoms with E-state index in [1.54, 1.807) is 4.90 Å². The first-order valence-electron chi connectivity index (χ1n) is 11.2. The van der Waals surface area contributed by atoms with Crippen LogP contribution in [0, 0.1) is 5.92 Å². The minimum Gasteiger partial charge on any atom is -0.403 e. The van der Waals surface area contributed by atoms with Crippen LogP contribution < -0.4 is 10.6 Å². The van der Waals surface area contributed by atoms with E-state index in [0.717, 1.165) is 11.3 Å². The van der Waals surface area contributed by atoms with Crippen LogP contribution in [0.25, 0.3) is 0 Å². The number of amides is 2. The fraction of sp³-hybridized carbons (Fsp3) is 0.652. The standard InChI is InChI=1S/C23H34ClN3O3Si/c1-13(2)10-17-20(29)27-18(19(28)25-17)12-23(30-31(6,7)22(3,4)5)15-11-14(24)8-9-16(15)26-21(23)27/h8-9,11,13,17-18,21,26H,10,12H2,1-7H3,(H,25,28)/t17-,18+,21-,23+/m1/s1. The molecule has 0 saturated carbocycles. The summed E-state index contributed by atoms with van der Waals surface area (Å²) in [5, 5.41) is 7.10. The zero-order chi connectivity index (χ0) is 22.9. The Morgan fingerprint density at radius 1 is 1.26 bits per heavy atom. The van der Waals surface area contributed by atoms with Gasteiger partial charge in [-0.25, -0.2) is 0 Å². The first-order chi connectivity index (χ1) is 14.3. The van der Waals surface area contributed by atoms with Crippen LogP contribution in [0.4, 0.5) is 5.69 Å². The first-order valence-corrected chi connectivity index (χ1v) is 14.4. The molecule has 3 aliphatic rings. The predicted molar refractivity (Wildman–Crippen MR) is 125 cm³/mol. The highest BCUT2D eigenvalue weighted by molar-refractivity contribution is 6.74. The zero-order valence-corrected chi connectivity index (χ0v) is 21.3. The highest BCUT2D eigenvalue weighted by atomic mass is 35.5. The van der Waals surface area contributed by atoms with Crippen LogP contribution in [0.15, 0.2) is 18.2 Å². The van der Waals surface area contributed by atoms with Gasteiger partial charge in [0.2, 0.25) is 11.8 Å². The van der Waals surface area contributed by atoms with Gasteiger partial charge in [0.05, 0.1) is 0 Å². The number of carbonyl (C=O) groups is 2. The Balaban J connectivity index is 1.82. The Hall–Kier alpha value is -1.57. The van der Waals surface area contributed by atoms with E-state index in [0.29, 0.717) is 23.8 Å². The Bertz CT molecular complexity index is 929. The molecule has 0 radical (unpaired) electrons. The van der Waals surface area contributed by atoms with E-state index < -0.39 is 32.2 Å². The van der Waals surface area contributed by atoms with Crippen LogP contribution in [0.5, 0.6) is 0 Å². The molecule has 0 unspecified atom stereocenters. The zero-order valence-electron chi connectivity index (χ0n) is 19.5. The highest BCUT2D eigenvalue weighted by Crippen LogP contribution is 2.56. The number of carbonyl (C=O) groups excluding carboxylic acids is 2. The van der Waals surface area contributed by atoms with Gasteiger partial charge in [0.15, 0.2) is 8.32 Å². The molecule has 0 bridgehead atoms. The summed E-state index contributed by atoms with van der Waals surface area (Å²) in [6.45, 7) is 15.1. The Morgan fingerprint density at radius 3 is 2.55 bits per heavy atom. The lowest BCUT2D eigenvalue weighted by atomic mass is 9.91. The molecule has 4 rings (SSSR count). The van der Waals surface area contributed by atoms with Crippen LogP contribution >= 0.6 is 11.6 Å². The van der Waals surface area contributed by atoms with Gasteiger partial charge in [0.25, 0.3) is 0 Å². The van der Waals surface area contributed by atoms with Crippen LogP contribution in [0.2, 0.25) is 23.2 Å². The van der Waals surface area contributed by atoms with Crippen molar-refractivity contribution >= 4 is 37.4 Å². The lowest BCUT2D eigenvalue weighted by Crippen LogP contribution is -2.64. The molecule has 2 N–H and O–H groups in total. The van der Waals surface area contributed by atoms with Crippen LogP contribution in [-0.2, 0) is 19.6 Å². The maximum Gasteiger partial charge on any atom is 0.247 e. The second-order valence-corrected chi connectivity index (χ2v) is 16.3. The molecule has 8 heteroatoms. The molecule has 2 fully saturated rings. The third-order valence-corrected chi connectivity index (χ3v) is 12.1. The number of fused-ring (bicyclic) bond motifs is 5. The molecule has 0 aromatic heterocycles. The molecule has 2 amide bonds. The number of piperazine rings is 1. The van der Waals surface area contributed by atoms with E-state index in [4.69, 9.17) is 16.0 Å². The largest absolute Gasteiger partial charge is 0.403 e. The van der Waals surface area contributed by atoms with Crippen molar-refractivity contribution in [3.63, 3.8) is 0 Å². The number of hydrogen-bond acceptors (Lipinski definition) is 4. The second kappa shape index (κ2) is 7.22. The van der Waals surface area contributed by atoms with Crippen molar-refractivity contribution < 1.29 is 14.0 Å². The Morgan fingerprint density at radius 2 is 1.94 bits per heavy atom. The van der Waals surface area contributed by atoms with E-state index in [1.165, 1.54) is 0 Å². The molecule has 2 saturated heterocycles. The maximum atomic E-state index is 13.6. The minimum absolute atomic E-state index is 0.0246. The summed E-state index contributed by atoms with van der Waals surface area (Å²) in [6, 6.07) is 4.68. The summed E-state index contributed by atoms with van der Waals surface area (Å²) in [7, 11) is -2.26. The van der Waals surface area contributed by atoms with Crippen molar-refractivity contribution in [2.24, 2.45) is 5.92 Å². The highest BCUT2D eigenvalue weighted by Gasteiger charge is 2.65. The van der Waals surface area contributed by atoms with E-state index in [2.05, 4.69) is 58.3 Å². The van der Waals surface area contributed by atoms with E-state index in [9.17, 15) is 9.59 Å². The molecule has 4 atom stereocenters. The predicted octanol–water partition coefficient (Wildman–Crippen LogP) is 4.45. The fourth-order valence-corrected chi connectivity index (χ4v) is 6.58. The molecule has 3 aliphatic heterocycles. The Kier molecular flexibility index (Phi) is 5.27. The van der Waals surface area contributed by atoms with E-state index in [-0.39, 0.29) is 16.9 Å². The molecule has 0 aliphatic carbocycles. The SMILES string of the molecule is CC(C)C[C@H]1NC(=O)[C@@H]2C[C@]3(O[Si](C)(C)C(C)(C)C)c4cc(Cl)ccc4N[C@@H]3N2C1=O. The maximum absolute atomic E-state index is 13.6. The molecule has 1 aromatic carbocycles. The van der Waals surface area contributed by atoms with Crippen molar-refractivity contribution in [2.75, 3.05) is 5.32 Å². The van der Waals surface area contributed by atoms with Crippen LogP contribution in [0.3, 0.4) is 0 Å². The third kappa shape index (κ3) is 3.49. The van der Waals surface area contributed by atoms with E-state index in [1.807, 2.05) is 18.2 Å². The van der Waals surface area contributed by atoms with Gasteiger partial charge in [-0.2, -0.15) is 0 Å². The summed E-state index contributed by atoms with van der Waals surface area (Å²) in [6.07, 6.45) is 0.625. The van der Waals surface area contributed by atoms with Crippen molar-refractivity contribution in [1.82, 2.24) is 10.2 Å². The topological polar surface area (TPSA) is 70.7 Å². The van der Waals surface area contributed by atoms with Gasteiger partial charge in [0.1, 0.15) is 23.9 Å². The van der Waals surface area contributed by atoms with Gasteiger partial charge in [-0.3, -0.25) is 9.59 Å². The number of halogens is 1. The van der Waals surface area contributed by atoms with Gasteiger partial charge < -0.3 is 20.0 Å². The third-order valence-electron chi connectivity index (χ3n) is 7.40. The van der Waals surface area contributed by atoms with Crippen molar-refractivity contribution in [2.45, 2.75) is 89.4 Å². The van der Waals surface area contributed by atoms with E-state index >= 15 is 0 Å². The number of nitrogens with zero attached hydrogens (tertiary/aromatic N) is 1.